The Morgan fingerprint density at radius 2 is 1.53 bits per heavy atom. The van der Waals surface area contributed by atoms with Crippen LogP contribution in [0.15, 0.2) is 66.7 Å². The minimum atomic E-state index is -0.961. The van der Waals surface area contributed by atoms with Gasteiger partial charge < -0.3 is 10.6 Å². The lowest BCUT2D eigenvalue weighted by atomic mass is 10.2. The Labute approximate surface area is 205 Å². The third-order valence-electron chi connectivity index (χ3n) is 5.32. The first-order chi connectivity index (χ1) is 16.2. The Morgan fingerprint density at radius 3 is 2.29 bits per heavy atom. The van der Waals surface area contributed by atoms with E-state index in [4.69, 9.17) is 23.2 Å². The molecule has 0 radical (unpaired) electrons. The highest BCUT2D eigenvalue weighted by Gasteiger charge is 2.22. The van der Waals surface area contributed by atoms with Crippen LogP contribution in [-0.2, 0) is 9.59 Å². The average molecular weight is 495 g/mol. The van der Waals surface area contributed by atoms with Crippen molar-refractivity contribution in [3.63, 3.8) is 0 Å². The van der Waals surface area contributed by atoms with Crippen LogP contribution in [0.1, 0.15) is 21.6 Å². The first kappa shape index (κ1) is 23.4. The second kappa shape index (κ2) is 9.59. The summed E-state index contributed by atoms with van der Waals surface area (Å²) in [6, 6.07) is 18.8. The van der Waals surface area contributed by atoms with Gasteiger partial charge in [-0.25, -0.2) is 4.68 Å². The molecule has 0 aliphatic carbocycles. The maximum absolute atomic E-state index is 13.1. The molecule has 172 valence electrons. The van der Waals surface area contributed by atoms with Crippen molar-refractivity contribution in [2.75, 3.05) is 16.1 Å². The zero-order valence-corrected chi connectivity index (χ0v) is 19.8. The molecule has 0 fully saturated rings. The Morgan fingerprint density at radius 1 is 0.794 bits per heavy atom. The molecule has 0 bridgehead atoms. The Kier molecular flexibility index (Phi) is 6.58. The van der Waals surface area contributed by atoms with Crippen molar-refractivity contribution in [2.45, 2.75) is 13.8 Å². The van der Waals surface area contributed by atoms with Crippen LogP contribution in [0.2, 0.25) is 10.0 Å². The molecule has 4 rings (SSSR count). The van der Waals surface area contributed by atoms with E-state index in [-0.39, 0.29) is 5.69 Å². The minimum Gasteiger partial charge on any atom is -0.320 e. The highest BCUT2D eigenvalue weighted by atomic mass is 35.5. The van der Waals surface area contributed by atoms with Crippen LogP contribution in [-0.4, -0.2) is 22.4 Å². The summed E-state index contributed by atoms with van der Waals surface area (Å²) in [5, 5.41) is 6.93. The fourth-order valence-corrected chi connectivity index (χ4v) is 3.80. The monoisotopic (exact) mass is 494 g/mol. The van der Waals surface area contributed by atoms with Gasteiger partial charge in [-0.15, -0.1) is 0 Å². The molecule has 1 heterocycles. The number of carbonyl (C=O) groups excluding carboxylic acids is 3. The summed E-state index contributed by atoms with van der Waals surface area (Å²) in [4.78, 5) is 38.5. The smallest absolute Gasteiger partial charge is 0.320 e. The molecule has 0 spiro atoms. The number of para-hydroxylation sites is 1. The molecule has 0 unspecified atom stereocenters. The second-order valence-electron chi connectivity index (χ2n) is 7.64. The molecular formula is C25H20Cl2N4O3. The maximum atomic E-state index is 13.1. The molecule has 34 heavy (non-hydrogen) atoms. The number of carbonyl (C=O) groups is 3. The van der Waals surface area contributed by atoms with Gasteiger partial charge in [-0.2, -0.15) is 0 Å². The molecule has 3 N–H and O–H groups in total. The predicted octanol–water partition coefficient (Wildman–Crippen LogP) is 5.53. The predicted molar refractivity (Wildman–Crippen MR) is 135 cm³/mol. The molecule has 9 heteroatoms. The van der Waals surface area contributed by atoms with Gasteiger partial charge >= 0.3 is 11.8 Å². The van der Waals surface area contributed by atoms with Crippen LogP contribution in [0.25, 0.3) is 10.9 Å². The molecule has 3 amide bonds. The van der Waals surface area contributed by atoms with E-state index in [9.17, 15) is 14.4 Å². The van der Waals surface area contributed by atoms with Crippen LogP contribution in [0.5, 0.6) is 0 Å². The van der Waals surface area contributed by atoms with Gasteiger partial charge in [0.05, 0.1) is 5.52 Å². The van der Waals surface area contributed by atoms with Crippen LogP contribution >= 0.6 is 23.2 Å². The second-order valence-corrected chi connectivity index (χ2v) is 8.49. The molecule has 0 aliphatic rings. The molecule has 0 saturated carbocycles. The SMILES string of the molecule is Cc1ccccc1NC(=O)c1cc2cc(Cl)ccc2n1NC(=O)C(=O)Nc1cccc(Cl)c1C. The van der Waals surface area contributed by atoms with E-state index < -0.39 is 17.7 Å². The summed E-state index contributed by atoms with van der Waals surface area (Å²) >= 11 is 12.2. The van der Waals surface area contributed by atoms with Gasteiger partial charge in [0.2, 0.25) is 0 Å². The van der Waals surface area contributed by atoms with Gasteiger partial charge in [-0.1, -0.05) is 47.5 Å². The van der Waals surface area contributed by atoms with Crippen LogP contribution < -0.4 is 16.1 Å². The topological polar surface area (TPSA) is 92.2 Å². The summed E-state index contributed by atoms with van der Waals surface area (Å²) in [6.07, 6.45) is 0. The number of benzene rings is 3. The lowest BCUT2D eigenvalue weighted by Crippen LogP contribution is -2.36. The van der Waals surface area contributed by atoms with Gasteiger partial charge in [0, 0.05) is 26.8 Å². The number of hydrogen-bond acceptors (Lipinski definition) is 3. The third-order valence-corrected chi connectivity index (χ3v) is 5.97. The summed E-state index contributed by atoms with van der Waals surface area (Å²) in [7, 11) is 0. The van der Waals surface area contributed by atoms with Crippen molar-refractivity contribution >= 4 is 63.2 Å². The standard InChI is InChI=1S/C25H20Cl2N4O3/c1-14-6-3-4-8-19(14)28-23(32)22-13-16-12-17(26)10-11-21(16)31(22)30-25(34)24(33)29-20-9-5-7-18(27)15(20)2/h3-13H,1-2H3,(H,28,32)(H,29,33)(H,30,34). The van der Waals surface area contributed by atoms with Crippen molar-refractivity contribution in [2.24, 2.45) is 0 Å². The Bertz CT molecular complexity index is 1450. The van der Waals surface area contributed by atoms with Gasteiger partial charge in [-0.3, -0.25) is 19.8 Å². The summed E-state index contributed by atoms with van der Waals surface area (Å²) in [5.41, 5.74) is 5.69. The van der Waals surface area contributed by atoms with Crippen molar-refractivity contribution in [3.05, 3.63) is 93.6 Å². The fraction of sp³-hybridized carbons (Fsp3) is 0.0800. The molecule has 4 aromatic rings. The number of anilines is 2. The van der Waals surface area contributed by atoms with E-state index in [0.717, 1.165) is 5.56 Å². The third kappa shape index (κ3) is 4.76. The van der Waals surface area contributed by atoms with E-state index in [0.29, 0.717) is 37.9 Å². The quantitative estimate of drug-likeness (QED) is 0.326. The van der Waals surface area contributed by atoms with Crippen molar-refractivity contribution in [1.29, 1.82) is 0 Å². The molecule has 7 nitrogen and oxygen atoms in total. The summed E-state index contributed by atoms with van der Waals surface area (Å²) < 4.78 is 1.27. The molecule has 1 aromatic heterocycles. The van der Waals surface area contributed by atoms with Crippen molar-refractivity contribution in [3.8, 4) is 0 Å². The van der Waals surface area contributed by atoms with E-state index >= 15 is 0 Å². The number of aromatic nitrogens is 1. The number of nitrogens with one attached hydrogen (secondary N) is 3. The lowest BCUT2D eigenvalue weighted by molar-refractivity contribution is -0.133. The largest absolute Gasteiger partial charge is 0.328 e. The van der Waals surface area contributed by atoms with Crippen LogP contribution in [0, 0.1) is 13.8 Å². The molecular weight excluding hydrogens is 475 g/mol. The molecule has 0 aliphatic heterocycles. The zero-order chi connectivity index (χ0) is 24.4. The highest BCUT2D eigenvalue weighted by molar-refractivity contribution is 6.43. The highest BCUT2D eigenvalue weighted by Crippen LogP contribution is 2.25. The van der Waals surface area contributed by atoms with Crippen LogP contribution in [0.3, 0.4) is 0 Å². The fourth-order valence-electron chi connectivity index (χ4n) is 3.45. The average Bonchev–Trinajstić information content (AvgIpc) is 3.15. The zero-order valence-electron chi connectivity index (χ0n) is 18.3. The Balaban J connectivity index is 1.65. The number of aryl methyl sites for hydroxylation is 1. The summed E-state index contributed by atoms with van der Waals surface area (Å²) in [5.74, 6) is -2.34. The number of halogens is 2. The van der Waals surface area contributed by atoms with Gasteiger partial charge in [0.15, 0.2) is 0 Å². The van der Waals surface area contributed by atoms with Crippen molar-refractivity contribution < 1.29 is 14.4 Å². The normalized spacial score (nSPS) is 10.7. The van der Waals surface area contributed by atoms with E-state index in [1.54, 1.807) is 55.5 Å². The van der Waals surface area contributed by atoms with Gasteiger partial charge in [0.25, 0.3) is 5.91 Å². The first-order valence-corrected chi connectivity index (χ1v) is 11.1. The van der Waals surface area contributed by atoms with Crippen LogP contribution in [0.4, 0.5) is 11.4 Å². The Hall–Kier alpha value is -3.81. The number of rotatable bonds is 4. The minimum absolute atomic E-state index is 0.126. The number of nitrogens with zero attached hydrogens (tertiary/aromatic N) is 1. The van der Waals surface area contributed by atoms with E-state index in [2.05, 4.69) is 16.1 Å². The molecule has 0 saturated heterocycles. The van der Waals surface area contributed by atoms with Crippen molar-refractivity contribution in [1.82, 2.24) is 4.68 Å². The van der Waals surface area contributed by atoms with E-state index in [1.165, 1.54) is 4.68 Å². The summed E-state index contributed by atoms with van der Waals surface area (Å²) in [6.45, 7) is 3.60. The van der Waals surface area contributed by atoms with Gasteiger partial charge in [0.1, 0.15) is 5.69 Å². The first-order valence-electron chi connectivity index (χ1n) is 10.3. The molecule has 0 atom stereocenters. The number of fused-ring (bicyclic) bond motifs is 1. The number of hydrogen-bond donors (Lipinski definition) is 3. The molecule has 3 aromatic carbocycles. The maximum Gasteiger partial charge on any atom is 0.328 e. The van der Waals surface area contributed by atoms with E-state index in [1.807, 2.05) is 25.1 Å². The lowest BCUT2D eigenvalue weighted by Gasteiger charge is -2.14. The number of amides is 3. The van der Waals surface area contributed by atoms with Gasteiger partial charge in [-0.05, 0) is 67.4 Å².